The number of carbonyl (C=O) groups is 5. The van der Waals surface area contributed by atoms with Crippen molar-refractivity contribution in [2.75, 3.05) is 27.9 Å². The maximum atomic E-state index is 14.4. The van der Waals surface area contributed by atoms with Crippen molar-refractivity contribution in [3.05, 3.63) is 42.1 Å². The third kappa shape index (κ3) is 7.89. The lowest BCUT2D eigenvalue weighted by Gasteiger charge is -2.29. The lowest BCUT2D eigenvalue weighted by Crippen LogP contribution is -2.56. The summed E-state index contributed by atoms with van der Waals surface area (Å²) in [5, 5.41) is 6.32. The molecule has 2 aromatic rings. The van der Waals surface area contributed by atoms with E-state index in [0.29, 0.717) is 41.7 Å². The lowest BCUT2D eigenvalue weighted by molar-refractivity contribution is -0.148. The summed E-state index contributed by atoms with van der Waals surface area (Å²) >= 11 is 0. The molecule has 3 amide bonds. The van der Waals surface area contributed by atoms with Crippen LogP contribution in [0.5, 0.6) is 11.5 Å². The summed E-state index contributed by atoms with van der Waals surface area (Å²) in [6.07, 6.45) is 9.85. The molecule has 14 nitrogen and oxygen atoms in total. The number of allylic oxidation sites excluding steroid dienone is 1. The Morgan fingerprint density at radius 3 is 2.49 bits per heavy atom. The second kappa shape index (κ2) is 15.6. The molecule has 0 radical (unpaired) electrons. The van der Waals surface area contributed by atoms with Crippen LogP contribution < -0.4 is 20.1 Å². The first-order valence-electron chi connectivity index (χ1n) is 17.7. The molecule has 2 saturated carbocycles. The zero-order valence-electron chi connectivity index (χ0n) is 29.3. The smallest absolute Gasteiger partial charge is 0.408 e. The highest BCUT2D eigenvalue weighted by molar-refractivity contribution is 5.97. The summed E-state index contributed by atoms with van der Waals surface area (Å²) in [5.41, 5.74) is -0.811. The summed E-state index contributed by atoms with van der Waals surface area (Å²) in [6, 6.07) is 4.63. The Balaban J connectivity index is 1.32. The van der Waals surface area contributed by atoms with Crippen LogP contribution in [0.1, 0.15) is 81.1 Å². The molecule has 2 aliphatic heterocycles. The number of aromatic nitrogens is 1. The van der Waals surface area contributed by atoms with Gasteiger partial charge in [-0.25, -0.2) is 19.4 Å². The van der Waals surface area contributed by atoms with E-state index < -0.39 is 53.6 Å². The van der Waals surface area contributed by atoms with E-state index in [2.05, 4.69) is 15.6 Å². The molecule has 3 heterocycles. The van der Waals surface area contributed by atoms with Crippen LogP contribution in [0.15, 0.2) is 36.4 Å². The van der Waals surface area contributed by atoms with E-state index in [-0.39, 0.29) is 30.7 Å². The first-order valence-corrected chi connectivity index (χ1v) is 17.7. The fourth-order valence-corrected chi connectivity index (χ4v) is 7.44. The first kappa shape index (κ1) is 35.9. The van der Waals surface area contributed by atoms with Gasteiger partial charge in [0.05, 0.1) is 33.4 Å². The van der Waals surface area contributed by atoms with Gasteiger partial charge in [-0.1, -0.05) is 25.0 Å². The Morgan fingerprint density at radius 1 is 0.961 bits per heavy atom. The average Bonchev–Trinajstić information content (AvgIpc) is 3.41. The van der Waals surface area contributed by atoms with Crippen molar-refractivity contribution in [3.63, 3.8) is 0 Å². The molecule has 0 unspecified atom stereocenters. The lowest BCUT2D eigenvalue weighted by atomic mass is 10.0. The minimum atomic E-state index is -1.24. The molecule has 0 bridgehead atoms. The molecule has 4 aliphatic rings. The standard InChI is InChI=1S/C37H46N4O10/c1-47-24-15-16-26-28(17-24)38-29(34(44)48-2)19-31(26)50-25-18-30-32(42)40-37(35(45)49-3)20-22(37)11-7-5-4-6-8-14-27(33(43)41(30)21-25)39-36(46)51-23-12-9-10-13-23/h7,11,15-17,19,22-23,25,27,30H,4-6,8-10,12-14,18,20-21H2,1-3H3,(H,39,46)(H,40,42)/t22-,25-,27+,30+,37-/m1/s1. The second-order valence-electron chi connectivity index (χ2n) is 13.7. The highest BCUT2D eigenvalue weighted by atomic mass is 16.6. The number of hydrogen-bond acceptors (Lipinski definition) is 11. The topological polar surface area (TPSA) is 172 Å². The molecule has 5 atom stereocenters. The number of pyridine rings is 1. The zero-order valence-corrected chi connectivity index (χ0v) is 29.3. The number of methoxy groups -OCH3 is 3. The predicted molar refractivity (Wildman–Crippen MR) is 183 cm³/mol. The van der Waals surface area contributed by atoms with Crippen LogP contribution in [0.25, 0.3) is 10.9 Å². The monoisotopic (exact) mass is 706 g/mol. The largest absolute Gasteiger partial charge is 0.497 e. The normalized spacial score (nSPS) is 26.9. The Hall–Kier alpha value is -4.88. The fourth-order valence-electron chi connectivity index (χ4n) is 7.44. The minimum Gasteiger partial charge on any atom is -0.497 e. The van der Waals surface area contributed by atoms with Crippen LogP contribution in [0.2, 0.25) is 0 Å². The Morgan fingerprint density at radius 2 is 1.75 bits per heavy atom. The second-order valence-corrected chi connectivity index (χ2v) is 13.7. The molecule has 3 fully saturated rings. The summed E-state index contributed by atoms with van der Waals surface area (Å²) in [4.78, 5) is 73.1. The maximum absolute atomic E-state index is 14.4. The number of amides is 3. The van der Waals surface area contributed by atoms with E-state index in [0.717, 1.165) is 44.9 Å². The van der Waals surface area contributed by atoms with Crippen LogP contribution in [0, 0.1) is 5.92 Å². The maximum Gasteiger partial charge on any atom is 0.408 e. The Kier molecular flexibility index (Phi) is 11.0. The van der Waals surface area contributed by atoms with Gasteiger partial charge in [-0.2, -0.15) is 0 Å². The number of nitrogens with one attached hydrogen (secondary N) is 2. The van der Waals surface area contributed by atoms with E-state index in [1.807, 2.05) is 12.2 Å². The van der Waals surface area contributed by atoms with Gasteiger partial charge >= 0.3 is 18.0 Å². The molecule has 6 rings (SSSR count). The van der Waals surface area contributed by atoms with Gasteiger partial charge < -0.3 is 39.2 Å². The number of alkyl carbamates (subject to hydrolysis) is 1. The molecule has 51 heavy (non-hydrogen) atoms. The van der Waals surface area contributed by atoms with Gasteiger partial charge in [0, 0.05) is 29.9 Å². The van der Waals surface area contributed by atoms with Crippen molar-refractivity contribution in [1.29, 1.82) is 0 Å². The number of benzene rings is 1. The average molecular weight is 707 g/mol. The number of carbonyl (C=O) groups excluding carboxylic acids is 5. The van der Waals surface area contributed by atoms with Crippen molar-refractivity contribution < 1.29 is 47.7 Å². The van der Waals surface area contributed by atoms with Crippen LogP contribution in [0.3, 0.4) is 0 Å². The molecule has 274 valence electrons. The molecule has 2 aliphatic carbocycles. The van der Waals surface area contributed by atoms with E-state index in [9.17, 15) is 24.0 Å². The number of fused-ring (bicyclic) bond motifs is 3. The molecule has 2 N–H and O–H groups in total. The Labute approximate surface area is 296 Å². The van der Waals surface area contributed by atoms with Crippen molar-refractivity contribution in [2.45, 2.75) is 100 Å². The van der Waals surface area contributed by atoms with Gasteiger partial charge in [0.1, 0.15) is 41.3 Å². The number of nitrogens with zero attached hydrogens (tertiary/aromatic N) is 2. The van der Waals surface area contributed by atoms with E-state index >= 15 is 0 Å². The van der Waals surface area contributed by atoms with Crippen LogP contribution in [-0.4, -0.2) is 97.4 Å². The summed E-state index contributed by atoms with van der Waals surface area (Å²) < 4.78 is 27.5. The molecular weight excluding hydrogens is 660 g/mol. The Bertz CT molecular complexity index is 1690. The predicted octanol–water partition coefficient (Wildman–Crippen LogP) is 3.98. The third-order valence-corrected chi connectivity index (χ3v) is 10.3. The minimum absolute atomic E-state index is 0.00510. The number of esters is 2. The number of hydrogen-bond donors (Lipinski definition) is 2. The van der Waals surface area contributed by atoms with Gasteiger partial charge in [-0.3, -0.25) is 9.59 Å². The third-order valence-electron chi connectivity index (χ3n) is 10.3. The number of ether oxygens (including phenoxy) is 5. The molecular formula is C37H46N4O10. The van der Waals surface area contributed by atoms with Crippen molar-refractivity contribution in [3.8, 4) is 11.5 Å². The van der Waals surface area contributed by atoms with Crippen molar-refractivity contribution in [1.82, 2.24) is 20.5 Å². The van der Waals surface area contributed by atoms with Gasteiger partial charge in [0.15, 0.2) is 5.69 Å². The van der Waals surface area contributed by atoms with E-state index in [4.69, 9.17) is 23.7 Å². The van der Waals surface area contributed by atoms with Crippen molar-refractivity contribution >= 4 is 40.7 Å². The van der Waals surface area contributed by atoms with Gasteiger partial charge in [0.2, 0.25) is 11.8 Å². The highest BCUT2D eigenvalue weighted by Crippen LogP contribution is 2.46. The molecule has 14 heteroatoms. The van der Waals surface area contributed by atoms with Gasteiger partial charge in [-0.15, -0.1) is 0 Å². The van der Waals surface area contributed by atoms with Gasteiger partial charge in [0.25, 0.3) is 0 Å². The molecule has 1 saturated heterocycles. The molecule has 1 aromatic carbocycles. The van der Waals surface area contributed by atoms with Crippen LogP contribution in [0.4, 0.5) is 4.79 Å². The SMILES string of the molecule is COC(=O)c1cc(O[C@@H]2C[C@H]3C(=O)N[C@]4(C(=O)OC)C[C@H]4C=CCCCCC[C@H](NC(=O)OC4CCCC4)C(=O)N3C2)c2ccc(OC)cc2n1. The number of rotatable bonds is 7. The summed E-state index contributed by atoms with van der Waals surface area (Å²) in [6.45, 7) is -0.00510. The summed E-state index contributed by atoms with van der Waals surface area (Å²) in [7, 11) is 4.05. The van der Waals surface area contributed by atoms with Crippen LogP contribution >= 0.6 is 0 Å². The van der Waals surface area contributed by atoms with Crippen LogP contribution in [-0.2, 0) is 28.6 Å². The van der Waals surface area contributed by atoms with E-state index in [1.165, 1.54) is 32.3 Å². The van der Waals surface area contributed by atoms with E-state index in [1.54, 1.807) is 18.2 Å². The zero-order chi connectivity index (χ0) is 36.1. The molecule has 1 aromatic heterocycles. The fraction of sp³-hybridized carbons (Fsp3) is 0.568. The first-order chi connectivity index (χ1) is 24.6. The van der Waals surface area contributed by atoms with Gasteiger partial charge in [-0.05, 0) is 63.5 Å². The molecule has 0 spiro atoms. The summed E-state index contributed by atoms with van der Waals surface area (Å²) in [5.74, 6) is -1.62. The highest BCUT2D eigenvalue weighted by Gasteiger charge is 2.62. The quantitative estimate of drug-likeness (QED) is 0.242. The van der Waals surface area contributed by atoms with Crippen molar-refractivity contribution in [2.24, 2.45) is 5.92 Å².